The van der Waals surface area contributed by atoms with Crippen LogP contribution in [0.25, 0.3) is 6.08 Å². The third-order valence-corrected chi connectivity index (χ3v) is 4.50. The Bertz CT molecular complexity index is 842. The Morgan fingerprint density at radius 3 is 2.42 bits per heavy atom. The minimum absolute atomic E-state index is 0.0883. The minimum Gasteiger partial charge on any atom is -0.497 e. The smallest absolute Gasteiger partial charge is 0.330 e. The molecular formula is C17H17NO5S. The minimum atomic E-state index is -3.74. The number of sulfonamides is 1. The van der Waals surface area contributed by atoms with Gasteiger partial charge in [-0.3, -0.25) is 4.72 Å². The lowest BCUT2D eigenvalue weighted by molar-refractivity contribution is -0.134. The Morgan fingerprint density at radius 2 is 1.79 bits per heavy atom. The maximum Gasteiger partial charge on any atom is 0.330 e. The Morgan fingerprint density at radius 1 is 1.08 bits per heavy atom. The predicted molar refractivity (Wildman–Crippen MR) is 91.3 cm³/mol. The van der Waals surface area contributed by atoms with E-state index < -0.39 is 16.0 Å². The van der Waals surface area contributed by atoms with E-state index in [2.05, 4.69) is 9.46 Å². The van der Waals surface area contributed by atoms with Crippen LogP contribution in [-0.4, -0.2) is 28.6 Å². The first kappa shape index (κ1) is 17.6. The van der Waals surface area contributed by atoms with Gasteiger partial charge in [0, 0.05) is 11.8 Å². The number of nitrogens with one attached hydrogen (secondary N) is 1. The van der Waals surface area contributed by atoms with Crippen molar-refractivity contribution in [2.45, 2.75) is 4.90 Å². The van der Waals surface area contributed by atoms with E-state index in [-0.39, 0.29) is 4.90 Å². The summed E-state index contributed by atoms with van der Waals surface area (Å²) < 4.78 is 36.9. The van der Waals surface area contributed by atoms with Crippen LogP contribution in [-0.2, 0) is 19.6 Å². The summed E-state index contributed by atoms with van der Waals surface area (Å²) in [5, 5.41) is 0. The van der Waals surface area contributed by atoms with Gasteiger partial charge in [0.25, 0.3) is 10.0 Å². The average Bonchev–Trinajstić information content (AvgIpc) is 2.60. The number of methoxy groups -OCH3 is 2. The molecule has 0 aromatic heterocycles. The number of anilines is 1. The van der Waals surface area contributed by atoms with Crippen molar-refractivity contribution in [3.8, 4) is 5.75 Å². The van der Waals surface area contributed by atoms with E-state index in [1.165, 1.54) is 38.5 Å². The zero-order chi connectivity index (χ0) is 17.6. The summed E-state index contributed by atoms with van der Waals surface area (Å²) in [4.78, 5) is 11.2. The average molecular weight is 347 g/mol. The molecule has 2 rings (SSSR count). The number of carbonyl (C=O) groups excluding carboxylic acids is 1. The van der Waals surface area contributed by atoms with Gasteiger partial charge in [-0.25, -0.2) is 13.2 Å². The van der Waals surface area contributed by atoms with Gasteiger partial charge in [0.2, 0.25) is 0 Å². The highest BCUT2D eigenvalue weighted by atomic mass is 32.2. The maximum atomic E-state index is 12.4. The maximum absolute atomic E-state index is 12.4. The number of ether oxygens (including phenoxy) is 2. The standard InChI is InChI=1S/C17H17NO5S/c1-22-15-9-7-14(8-10-15)18-24(20,21)16-5-3-4-13(12-16)6-11-17(19)23-2/h3-12,18H,1-2H3/b11-6+. The molecule has 126 valence electrons. The normalized spacial score (nSPS) is 11.2. The third kappa shape index (κ3) is 4.60. The van der Waals surface area contributed by atoms with Crippen LogP contribution in [0.1, 0.15) is 5.56 Å². The number of carbonyl (C=O) groups is 1. The fourth-order valence-corrected chi connectivity index (χ4v) is 3.00. The molecular weight excluding hydrogens is 330 g/mol. The van der Waals surface area contributed by atoms with Gasteiger partial charge < -0.3 is 9.47 Å². The van der Waals surface area contributed by atoms with Crippen molar-refractivity contribution in [3.05, 3.63) is 60.2 Å². The molecule has 0 saturated carbocycles. The SMILES string of the molecule is COC(=O)/C=C/c1cccc(S(=O)(=O)Nc2ccc(OC)cc2)c1. The molecule has 0 aliphatic rings. The lowest BCUT2D eigenvalue weighted by Crippen LogP contribution is -2.12. The predicted octanol–water partition coefficient (Wildman–Crippen LogP) is 2.68. The summed E-state index contributed by atoms with van der Waals surface area (Å²) in [7, 11) is -0.936. The van der Waals surface area contributed by atoms with Crippen molar-refractivity contribution in [1.82, 2.24) is 0 Å². The van der Waals surface area contributed by atoms with Crippen LogP contribution in [0.4, 0.5) is 5.69 Å². The number of rotatable bonds is 6. The lowest BCUT2D eigenvalue weighted by Gasteiger charge is -2.09. The highest BCUT2D eigenvalue weighted by Crippen LogP contribution is 2.20. The van der Waals surface area contributed by atoms with E-state index in [1.807, 2.05) is 0 Å². The Hall–Kier alpha value is -2.80. The van der Waals surface area contributed by atoms with Crippen molar-refractivity contribution < 1.29 is 22.7 Å². The van der Waals surface area contributed by atoms with Gasteiger partial charge in [0.05, 0.1) is 19.1 Å². The second-order valence-electron chi connectivity index (χ2n) is 4.76. The number of hydrogen-bond donors (Lipinski definition) is 1. The van der Waals surface area contributed by atoms with Crippen LogP contribution in [0.5, 0.6) is 5.75 Å². The van der Waals surface area contributed by atoms with Gasteiger partial charge in [0.15, 0.2) is 0 Å². The van der Waals surface area contributed by atoms with Crippen LogP contribution >= 0.6 is 0 Å². The third-order valence-electron chi connectivity index (χ3n) is 3.12. The molecule has 0 fully saturated rings. The second-order valence-corrected chi connectivity index (χ2v) is 6.45. The molecule has 1 N–H and O–H groups in total. The number of benzene rings is 2. The van der Waals surface area contributed by atoms with Crippen LogP contribution in [0, 0.1) is 0 Å². The second kappa shape index (κ2) is 7.65. The zero-order valence-corrected chi connectivity index (χ0v) is 14.0. The van der Waals surface area contributed by atoms with Crippen molar-refractivity contribution >= 4 is 27.8 Å². The van der Waals surface area contributed by atoms with Gasteiger partial charge in [-0.1, -0.05) is 12.1 Å². The molecule has 0 atom stereocenters. The summed E-state index contributed by atoms with van der Waals surface area (Å²) in [6.45, 7) is 0. The molecule has 0 unspecified atom stereocenters. The summed E-state index contributed by atoms with van der Waals surface area (Å²) in [5.41, 5.74) is 0.990. The Labute approximate surface area is 140 Å². The summed E-state index contributed by atoms with van der Waals surface area (Å²) in [6, 6.07) is 12.8. The molecule has 2 aromatic carbocycles. The van der Waals surface area contributed by atoms with Crippen molar-refractivity contribution in [1.29, 1.82) is 0 Å². The van der Waals surface area contributed by atoms with E-state index in [0.29, 0.717) is 17.0 Å². The van der Waals surface area contributed by atoms with E-state index in [9.17, 15) is 13.2 Å². The largest absolute Gasteiger partial charge is 0.497 e. The van der Waals surface area contributed by atoms with Gasteiger partial charge in [-0.2, -0.15) is 0 Å². The Balaban J connectivity index is 2.22. The fraction of sp³-hybridized carbons (Fsp3) is 0.118. The first-order chi connectivity index (χ1) is 11.4. The summed E-state index contributed by atoms with van der Waals surface area (Å²) >= 11 is 0. The van der Waals surface area contributed by atoms with Gasteiger partial charge >= 0.3 is 5.97 Å². The van der Waals surface area contributed by atoms with E-state index in [0.717, 1.165) is 0 Å². The fourth-order valence-electron chi connectivity index (χ4n) is 1.89. The van der Waals surface area contributed by atoms with Crippen molar-refractivity contribution in [2.75, 3.05) is 18.9 Å². The van der Waals surface area contributed by atoms with E-state index >= 15 is 0 Å². The molecule has 0 aliphatic heterocycles. The molecule has 0 amide bonds. The molecule has 7 heteroatoms. The molecule has 0 aliphatic carbocycles. The van der Waals surface area contributed by atoms with Gasteiger partial charge in [0.1, 0.15) is 5.75 Å². The first-order valence-corrected chi connectivity index (χ1v) is 8.46. The topological polar surface area (TPSA) is 81.7 Å². The molecule has 24 heavy (non-hydrogen) atoms. The van der Waals surface area contributed by atoms with Crippen molar-refractivity contribution in [2.24, 2.45) is 0 Å². The quantitative estimate of drug-likeness (QED) is 0.642. The van der Waals surface area contributed by atoms with E-state index in [1.54, 1.807) is 36.4 Å². The molecule has 6 nitrogen and oxygen atoms in total. The van der Waals surface area contributed by atoms with Gasteiger partial charge in [-0.15, -0.1) is 0 Å². The van der Waals surface area contributed by atoms with Crippen LogP contribution in [0.2, 0.25) is 0 Å². The summed E-state index contributed by atoms with van der Waals surface area (Å²) in [6.07, 6.45) is 2.71. The molecule has 0 heterocycles. The molecule has 0 radical (unpaired) electrons. The highest BCUT2D eigenvalue weighted by Gasteiger charge is 2.14. The summed E-state index contributed by atoms with van der Waals surface area (Å²) in [5.74, 6) is 0.118. The van der Waals surface area contributed by atoms with Crippen LogP contribution in [0.15, 0.2) is 59.5 Å². The highest BCUT2D eigenvalue weighted by molar-refractivity contribution is 7.92. The molecule has 0 bridgehead atoms. The van der Waals surface area contributed by atoms with E-state index in [4.69, 9.17) is 4.74 Å². The number of hydrogen-bond acceptors (Lipinski definition) is 5. The molecule has 2 aromatic rings. The zero-order valence-electron chi connectivity index (χ0n) is 13.2. The molecule has 0 saturated heterocycles. The van der Waals surface area contributed by atoms with Crippen LogP contribution < -0.4 is 9.46 Å². The molecule has 0 spiro atoms. The van der Waals surface area contributed by atoms with Crippen LogP contribution in [0.3, 0.4) is 0 Å². The van der Waals surface area contributed by atoms with Crippen molar-refractivity contribution in [3.63, 3.8) is 0 Å². The lowest BCUT2D eigenvalue weighted by atomic mass is 10.2. The number of esters is 1. The monoisotopic (exact) mass is 347 g/mol. The van der Waals surface area contributed by atoms with Gasteiger partial charge in [-0.05, 0) is 48.0 Å². The first-order valence-electron chi connectivity index (χ1n) is 6.97. The Kier molecular flexibility index (Phi) is 5.59.